The number of anilines is 1. The lowest BCUT2D eigenvalue weighted by molar-refractivity contribution is 0.0647. The number of benzene rings is 1. The molecular formula is C30H33FN6O3S. The van der Waals surface area contributed by atoms with Gasteiger partial charge in [0, 0.05) is 75.0 Å². The molecule has 0 spiro atoms. The van der Waals surface area contributed by atoms with Gasteiger partial charge in [-0.15, -0.1) is 11.3 Å². The Labute approximate surface area is 242 Å². The number of aliphatic hydroxyl groups excluding tert-OH is 1. The zero-order chi connectivity index (χ0) is 28.3. The number of ether oxygens (including phenoxy) is 1. The molecule has 9 nitrogen and oxygen atoms in total. The number of amides is 2. The van der Waals surface area contributed by atoms with Crippen molar-refractivity contribution in [3.05, 3.63) is 66.2 Å². The highest BCUT2D eigenvalue weighted by Gasteiger charge is 2.24. The van der Waals surface area contributed by atoms with Gasteiger partial charge >= 0.3 is 6.03 Å². The van der Waals surface area contributed by atoms with Crippen molar-refractivity contribution in [1.82, 2.24) is 25.1 Å². The van der Waals surface area contributed by atoms with Gasteiger partial charge in [-0.05, 0) is 49.6 Å². The van der Waals surface area contributed by atoms with Crippen LogP contribution < -0.4 is 15.4 Å². The molecule has 1 aliphatic heterocycles. The third kappa shape index (κ3) is 6.65. The van der Waals surface area contributed by atoms with E-state index in [2.05, 4.69) is 38.4 Å². The standard InChI is InChI=1S/C30H33FN6O3S/c1-19-17-36(10-11-37(19)12-13-38)18-20-2-6-24(33-16-20)28-15-25-29(41-28)27(8-9-32-25)40-26-7-5-22(14-23(26)31)35-30(39)34-21-3-4-21/h2,5-9,14-16,19,21,38H,3-4,10-13,17-18H2,1H3,(H2,34,35,39)/t19-/m1/s1. The van der Waals surface area contributed by atoms with E-state index in [-0.39, 0.29) is 24.4 Å². The van der Waals surface area contributed by atoms with Crippen molar-refractivity contribution in [2.45, 2.75) is 38.4 Å². The summed E-state index contributed by atoms with van der Waals surface area (Å²) in [6, 6.07) is 12.5. The van der Waals surface area contributed by atoms with Crippen molar-refractivity contribution in [2.75, 3.05) is 38.1 Å². The number of aromatic nitrogens is 2. The number of carbonyl (C=O) groups excluding carboxylic acids is 1. The Morgan fingerprint density at radius 1 is 1.15 bits per heavy atom. The molecule has 1 aromatic carbocycles. The van der Waals surface area contributed by atoms with Gasteiger partial charge < -0.3 is 20.5 Å². The third-order valence-corrected chi connectivity index (χ3v) is 8.58. The Bertz CT molecular complexity index is 1530. The van der Waals surface area contributed by atoms with E-state index in [1.165, 1.54) is 23.5 Å². The Morgan fingerprint density at radius 2 is 2.02 bits per heavy atom. The highest BCUT2D eigenvalue weighted by Crippen LogP contribution is 2.39. The topological polar surface area (TPSA) is 103 Å². The van der Waals surface area contributed by atoms with Crippen molar-refractivity contribution in [3.63, 3.8) is 0 Å². The van der Waals surface area contributed by atoms with Crippen molar-refractivity contribution >= 4 is 33.3 Å². The summed E-state index contributed by atoms with van der Waals surface area (Å²) in [5.41, 5.74) is 3.10. The van der Waals surface area contributed by atoms with Crippen molar-refractivity contribution < 1.29 is 19.0 Å². The van der Waals surface area contributed by atoms with E-state index in [1.807, 2.05) is 18.3 Å². The first-order valence-electron chi connectivity index (χ1n) is 13.9. The molecule has 2 fully saturated rings. The number of urea groups is 1. The molecule has 3 N–H and O–H groups in total. The number of piperazine rings is 1. The minimum absolute atomic E-state index is 0.0644. The van der Waals surface area contributed by atoms with E-state index < -0.39 is 5.82 Å². The Morgan fingerprint density at radius 3 is 2.76 bits per heavy atom. The summed E-state index contributed by atoms with van der Waals surface area (Å²) in [4.78, 5) is 26.9. The van der Waals surface area contributed by atoms with Crippen LogP contribution in [0.2, 0.25) is 0 Å². The molecular weight excluding hydrogens is 543 g/mol. The van der Waals surface area contributed by atoms with E-state index in [1.54, 1.807) is 18.3 Å². The van der Waals surface area contributed by atoms with Gasteiger partial charge in [0.1, 0.15) is 5.75 Å². The summed E-state index contributed by atoms with van der Waals surface area (Å²) < 4.78 is 21.6. The number of β-amino-alcohol motifs (C(OH)–C–C–N with tert-alkyl or cyclic N) is 1. The first-order chi connectivity index (χ1) is 19.9. The smallest absolute Gasteiger partial charge is 0.319 e. The second-order valence-electron chi connectivity index (χ2n) is 10.6. The number of pyridine rings is 2. The quantitative estimate of drug-likeness (QED) is 0.256. The van der Waals surface area contributed by atoms with Gasteiger partial charge in [-0.25, -0.2) is 9.18 Å². The number of halogens is 1. The fourth-order valence-electron chi connectivity index (χ4n) is 5.08. The molecule has 0 bridgehead atoms. The van der Waals surface area contributed by atoms with E-state index in [4.69, 9.17) is 9.72 Å². The minimum Gasteiger partial charge on any atom is -0.453 e. The molecule has 4 aromatic rings. The molecule has 214 valence electrons. The number of rotatable bonds is 9. The summed E-state index contributed by atoms with van der Waals surface area (Å²) >= 11 is 1.50. The number of carbonyl (C=O) groups is 1. The molecule has 3 aromatic heterocycles. The predicted molar refractivity (Wildman–Crippen MR) is 158 cm³/mol. The highest BCUT2D eigenvalue weighted by atomic mass is 32.1. The maximum atomic E-state index is 14.9. The van der Waals surface area contributed by atoms with Crippen LogP contribution in [0.1, 0.15) is 25.3 Å². The molecule has 41 heavy (non-hydrogen) atoms. The Hall–Kier alpha value is -3.64. The second kappa shape index (κ2) is 12.1. The third-order valence-electron chi connectivity index (χ3n) is 7.42. The van der Waals surface area contributed by atoms with Gasteiger partial charge in [0.05, 0.1) is 27.4 Å². The van der Waals surface area contributed by atoms with E-state index in [0.29, 0.717) is 17.5 Å². The summed E-state index contributed by atoms with van der Waals surface area (Å²) in [5.74, 6) is -0.00423. The normalized spacial score (nSPS) is 18.0. The summed E-state index contributed by atoms with van der Waals surface area (Å²) in [7, 11) is 0. The molecule has 4 heterocycles. The van der Waals surface area contributed by atoms with Crippen LogP contribution in [0.4, 0.5) is 14.9 Å². The van der Waals surface area contributed by atoms with Gasteiger partial charge in [-0.2, -0.15) is 0 Å². The molecule has 1 aliphatic carbocycles. The van der Waals surface area contributed by atoms with Crippen LogP contribution in [0.15, 0.2) is 54.9 Å². The van der Waals surface area contributed by atoms with Crippen LogP contribution in [0.3, 0.4) is 0 Å². The van der Waals surface area contributed by atoms with E-state index >= 15 is 0 Å². The fraction of sp³-hybridized carbons (Fsp3) is 0.367. The van der Waals surface area contributed by atoms with Gasteiger partial charge in [0.15, 0.2) is 11.6 Å². The lowest BCUT2D eigenvalue weighted by atomic mass is 10.1. The Balaban J connectivity index is 1.12. The van der Waals surface area contributed by atoms with Gasteiger partial charge in [0.2, 0.25) is 0 Å². The lowest BCUT2D eigenvalue weighted by Crippen LogP contribution is -2.52. The molecule has 1 saturated carbocycles. The van der Waals surface area contributed by atoms with Gasteiger partial charge in [-0.1, -0.05) is 6.07 Å². The molecule has 6 rings (SSSR count). The number of hydrogen-bond acceptors (Lipinski definition) is 8. The zero-order valence-electron chi connectivity index (χ0n) is 22.8. The minimum atomic E-state index is -0.572. The van der Waals surface area contributed by atoms with E-state index in [9.17, 15) is 14.3 Å². The average Bonchev–Trinajstić information content (AvgIpc) is 3.65. The molecule has 2 amide bonds. The summed E-state index contributed by atoms with van der Waals surface area (Å²) in [6.45, 7) is 6.83. The Kier molecular flexibility index (Phi) is 8.11. The van der Waals surface area contributed by atoms with Crippen LogP contribution in [-0.2, 0) is 6.54 Å². The number of nitrogens with zero attached hydrogens (tertiary/aromatic N) is 4. The largest absolute Gasteiger partial charge is 0.453 e. The van der Waals surface area contributed by atoms with Gasteiger partial charge in [0.25, 0.3) is 0 Å². The first-order valence-corrected chi connectivity index (χ1v) is 14.7. The van der Waals surface area contributed by atoms with Crippen molar-refractivity contribution in [3.8, 4) is 22.1 Å². The van der Waals surface area contributed by atoms with Gasteiger partial charge in [-0.3, -0.25) is 19.8 Å². The number of aliphatic hydroxyl groups is 1. The maximum absolute atomic E-state index is 14.9. The SMILES string of the molecule is C[C@@H]1CN(Cc2ccc(-c3cc4nccc(Oc5ccc(NC(=O)NC6CC6)cc5F)c4s3)nc2)CCN1CCO. The van der Waals surface area contributed by atoms with Crippen LogP contribution in [0.5, 0.6) is 11.5 Å². The highest BCUT2D eigenvalue weighted by molar-refractivity contribution is 7.22. The van der Waals surface area contributed by atoms with Crippen molar-refractivity contribution in [1.29, 1.82) is 0 Å². The maximum Gasteiger partial charge on any atom is 0.319 e. The van der Waals surface area contributed by atoms with Crippen LogP contribution in [0, 0.1) is 5.82 Å². The molecule has 0 unspecified atom stereocenters. The molecule has 2 aliphatic rings. The summed E-state index contributed by atoms with van der Waals surface area (Å²) in [6.07, 6.45) is 5.52. The number of nitrogens with one attached hydrogen (secondary N) is 2. The number of thiophene rings is 1. The molecule has 0 radical (unpaired) electrons. The average molecular weight is 577 g/mol. The molecule has 1 saturated heterocycles. The zero-order valence-corrected chi connectivity index (χ0v) is 23.7. The van der Waals surface area contributed by atoms with Crippen LogP contribution in [0.25, 0.3) is 20.8 Å². The first kappa shape index (κ1) is 27.5. The molecule has 1 atom stereocenters. The van der Waals surface area contributed by atoms with Crippen LogP contribution in [-0.4, -0.2) is 75.8 Å². The monoisotopic (exact) mass is 576 g/mol. The van der Waals surface area contributed by atoms with Crippen molar-refractivity contribution in [2.24, 2.45) is 0 Å². The van der Waals surface area contributed by atoms with Crippen LogP contribution >= 0.6 is 11.3 Å². The fourth-order valence-corrected chi connectivity index (χ4v) is 6.12. The number of fused-ring (bicyclic) bond motifs is 1. The molecule has 11 heteroatoms. The predicted octanol–water partition coefficient (Wildman–Crippen LogP) is 5.07. The lowest BCUT2D eigenvalue weighted by Gasteiger charge is -2.39. The number of hydrogen-bond donors (Lipinski definition) is 3. The van der Waals surface area contributed by atoms with E-state index in [0.717, 1.165) is 71.9 Å². The second-order valence-corrected chi connectivity index (χ2v) is 11.7. The summed E-state index contributed by atoms with van der Waals surface area (Å²) in [5, 5.41) is 14.7.